The molecule has 0 radical (unpaired) electrons. The number of hydrogen-bond donors (Lipinski definition) is 4. The maximum atomic E-state index is 13.3. The van der Waals surface area contributed by atoms with Gasteiger partial charge in [0.05, 0.1) is 18.2 Å². The number of H-pyrrole nitrogens is 1. The first kappa shape index (κ1) is 24.4. The van der Waals surface area contributed by atoms with Gasteiger partial charge in [0.1, 0.15) is 5.75 Å². The number of amides is 1. The number of benzene rings is 2. The van der Waals surface area contributed by atoms with Gasteiger partial charge in [0.25, 0.3) is 5.91 Å². The summed E-state index contributed by atoms with van der Waals surface area (Å²) in [4.78, 5) is 22.2. The summed E-state index contributed by atoms with van der Waals surface area (Å²) < 4.78 is 5.74. The molecule has 10 heteroatoms. The molecule has 0 spiro atoms. The van der Waals surface area contributed by atoms with Gasteiger partial charge in [-0.2, -0.15) is 5.10 Å². The van der Waals surface area contributed by atoms with Gasteiger partial charge in [0.15, 0.2) is 11.6 Å². The molecule has 2 aromatic carbocycles. The van der Waals surface area contributed by atoms with Crippen molar-refractivity contribution in [1.29, 1.82) is 0 Å². The van der Waals surface area contributed by atoms with Crippen LogP contribution in [0.15, 0.2) is 67.0 Å². The number of nitrogens with one attached hydrogen (secondary N) is 4. The molecule has 1 saturated heterocycles. The Kier molecular flexibility index (Phi) is 6.70. The van der Waals surface area contributed by atoms with E-state index in [-0.39, 0.29) is 11.9 Å². The number of aromatic nitrogens is 4. The molecule has 4 aromatic rings. The Morgan fingerprint density at radius 2 is 1.92 bits per heavy atom. The zero-order valence-electron chi connectivity index (χ0n) is 20.7. The third-order valence-corrected chi connectivity index (χ3v) is 7.40. The number of aromatic amines is 1. The van der Waals surface area contributed by atoms with Crippen molar-refractivity contribution in [2.75, 3.05) is 25.0 Å². The monoisotopic (exact) mass is 529 g/mol. The molecule has 0 unspecified atom stereocenters. The molecular formula is C28H28ClN7O2. The van der Waals surface area contributed by atoms with Crippen LogP contribution in [-0.4, -0.2) is 45.8 Å². The fourth-order valence-corrected chi connectivity index (χ4v) is 5.31. The summed E-state index contributed by atoms with van der Waals surface area (Å²) in [5.41, 5.74) is 2.82. The molecule has 2 aliphatic heterocycles. The van der Waals surface area contributed by atoms with Crippen LogP contribution >= 0.6 is 11.6 Å². The molecule has 6 rings (SSSR count). The molecule has 4 N–H and O–H groups in total. The first-order chi connectivity index (χ1) is 18.6. The average molecular weight is 530 g/mol. The van der Waals surface area contributed by atoms with Crippen LogP contribution in [0, 0.1) is 0 Å². The first-order valence-corrected chi connectivity index (χ1v) is 13.1. The van der Waals surface area contributed by atoms with Gasteiger partial charge in [-0.3, -0.25) is 14.9 Å². The Balaban J connectivity index is 1.23. The summed E-state index contributed by atoms with van der Waals surface area (Å²) in [6, 6.07) is 16.8. The van der Waals surface area contributed by atoms with Gasteiger partial charge in [-0.1, -0.05) is 23.7 Å². The van der Waals surface area contributed by atoms with Gasteiger partial charge in [-0.05, 0) is 68.4 Å². The third kappa shape index (κ3) is 4.94. The molecule has 1 atom stereocenters. The fraction of sp³-hybridized carbons (Fsp3) is 0.286. The number of carbonyl (C=O) groups is 1. The lowest BCUT2D eigenvalue weighted by atomic mass is 9.87. The minimum absolute atomic E-state index is 0.138. The largest absolute Gasteiger partial charge is 0.493 e. The Bertz CT molecular complexity index is 1440. The van der Waals surface area contributed by atoms with Gasteiger partial charge >= 0.3 is 0 Å². The maximum Gasteiger partial charge on any atom is 0.251 e. The van der Waals surface area contributed by atoms with Crippen LogP contribution in [0.3, 0.4) is 0 Å². The van der Waals surface area contributed by atoms with E-state index in [9.17, 15) is 4.79 Å². The highest BCUT2D eigenvalue weighted by Gasteiger charge is 2.37. The molecule has 0 bridgehead atoms. The second-order valence-corrected chi connectivity index (χ2v) is 10.1. The Hall–Kier alpha value is -3.95. The fourth-order valence-electron chi connectivity index (χ4n) is 5.15. The standard InChI is InChI=1S/C28H28ClN7O2/c29-20-4-5-22-23(8-15-38-24(22)17-20)32-26(37)19-2-1-3-21(16-19)34-28(9-13-31-14-10-28)27-33-25(35-36-27)18-6-11-30-12-7-18/h1-7,11-12,16-17,23,31,34H,8-10,13-15H2,(H,32,37)(H,33,35,36)/t23-/m1/s1. The lowest BCUT2D eigenvalue weighted by Gasteiger charge is -2.37. The zero-order chi connectivity index (χ0) is 26.0. The lowest BCUT2D eigenvalue weighted by Crippen LogP contribution is -2.46. The normalized spacial score (nSPS) is 18.2. The van der Waals surface area contributed by atoms with E-state index in [4.69, 9.17) is 21.3 Å². The number of ether oxygens (including phenoxy) is 1. The van der Waals surface area contributed by atoms with E-state index >= 15 is 0 Å². The smallest absolute Gasteiger partial charge is 0.251 e. The molecule has 9 nitrogen and oxygen atoms in total. The predicted octanol–water partition coefficient (Wildman–Crippen LogP) is 4.46. The van der Waals surface area contributed by atoms with Crippen LogP contribution in [-0.2, 0) is 5.54 Å². The van der Waals surface area contributed by atoms with Gasteiger partial charge in [0, 0.05) is 46.2 Å². The summed E-state index contributed by atoms with van der Waals surface area (Å²) in [6.07, 6.45) is 5.79. The number of hydrogen-bond acceptors (Lipinski definition) is 7. The third-order valence-electron chi connectivity index (χ3n) is 7.16. The molecule has 4 heterocycles. The number of carbonyl (C=O) groups excluding carboxylic acids is 1. The summed E-state index contributed by atoms with van der Waals surface area (Å²) in [7, 11) is 0. The second-order valence-electron chi connectivity index (χ2n) is 9.63. The van der Waals surface area contributed by atoms with Gasteiger partial charge in [-0.15, -0.1) is 0 Å². The van der Waals surface area contributed by atoms with Crippen LogP contribution in [0.5, 0.6) is 5.75 Å². The first-order valence-electron chi connectivity index (χ1n) is 12.7. The minimum atomic E-state index is -0.447. The van der Waals surface area contributed by atoms with Crippen molar-refractivity contribution in [2.24, 2.45) is 0 Å². The maximum absolute atomic E-state index is 13.3. The lowest BCUT2D eigenvalue weighted by molar-refractivity contribution is 0.0925. The van der Waals surface area contributed by atoms with E-state index in [2.05, 4.69) is 31.1 Å². The van der Waals surface area contributed by atoms with Gasteiger partial charge in [-0.25, -0.2) is 4.98 Å². The van der Waals surface area contributed by atoms with Crippen molar-refractivity contribution >= 4 is 23.2 Å². The summed E-state index contributed by atoms with van der Waals surface area (Å²) in [5.74, 6) is 1.99. The molecule has 2 aromatic heterocycles. The van der Waals surface area contributed by atoms with Crippen molar-refractivity contribution in [2.45, 2.75) is 30.8 Å². The molecule has 0 saturated carbocycles. The minimum Gasteiger partial charge on any atom is -0.493 e. The molecular weight excluding hydrogens is 502 g/mol. The Morgan fingerprint density at radius 3 is 2.76 bits per heavy atom. The van der Waals surface area contributed by atoms with Gasteiger partial charge < -0.3 is 20.7 Å². The quantitative estimate of drug-likeness (QED) is 0.291. The average Bonchev–Trinajstić information content (AvgIpc) is 3.46. The Labute approximate surface area is 225 Å². The van der Waals surface area contributed by atoms with Crippen molar-refractivity contribution in [3.63, 3.8) is 0 Å². The summed E-state index contributed by atoms with van der Waals surface area (Å²) in [6.45, 7) is 2.20. The van der Waals surface area contributed by atoms with E-state index in [1.807, 2.05) is 48.5 Å². The zero-order valence-corrected chi connectivity index (χ0v) is 21.5. The van der Waals surface area contributed by atoms with Crippen molar-refractivity contribution in [1.82, 2.24) is 30.8 Å². The van der Waals surface area contributed by atoms with Gasteiger partial charge in [0.2, 0.25) is 0 Å². The summed E-state index contributed by atoms with van der Waals surface area (Å²) >= 11 is 6.12. The van der Waals surface area contributed by atoms with E-state index in [1.165, 1.54) is 0 Å². The van der Waals surface area contributed by atoms with E-state index in [0.29, 0.717) is 29.4 Å². The number of piperidine rings is 1. The highest BCUT2D eigenvalue weighted by Crippen LogP contribution is 2.35. The number of pyridine rings is 1. The Morgan fingerprint density at radius 1 is 1.08 bits per heavy atom. The van der Waals surface area contributed by atoms with Crippen molar-refractivity contribution in [3.8, 4) is 17.1 Å². The van der Waals surface area contributed by atoms with Crippen LogP contribution in [0.1, 0.15) is 47.1 Å². The SMILES string of the molecule is O=C(N[C@@H]1CCOc2cc(Cl)ccc21)c1cccc(NC2(c3nc(-c4ccncc4)n[nH]3)CCNCC2)c1. The molecule has 0 aliphatic carbocycles. The number of anilines is 1. The number of nitrogens with zero attached hydrogens (tertiary/aromatic N) is 3. The molecule has 194 valence electrons. The van der Waals surface area contributed by atoms with E-state index in [0.717, 1.165) is 54.3 Å². The second kappa shape index (κ2) is 10.4. The summed E-state index contributed by atoms with van der Waals surface area (Å²) in [5, 5.41) is 18.5. The highest BCUT2D eigenvalue weighted by atomic mass is 35.5. The number of fused-ring (bicyclic) bond motifs is 1. The predicted molar refractivity (Wildman–Crippen MR) is 145 cm³/mol. The van der Waals surface area contributed by atoms with Crippen molar-refractivity contribution < 1.29 is 9.53 Å². The topological polar surface area (TPSA) is 117 Å². The van der Waals surface area contributed by atoms with E-state index < -0.39 is 5.54 Å². The van der Waals surface area contributed by atoms with Crippen molar-refractivity contribution in [3.05, 3.63) is 89.0 Å². The van der Waals surface area contributed by atoms with Crippen LogP contribution < -0.4 is 20.7 Å². The number of rotatable bonds is 6. The molecule has 1 fully saturated rings. The van der Waals surface area contributed by atoms with Crippen LogP contribution in [0.2, 0.25) is 5.02 Å². The molecule has 1 amide bonds. The highest BCUT2D eigenvalue weighted by molar-refractivity contribution is 6.30. The van der Waals surface area contributed by atoms with Crippen LogP contribution in [0.4, 0.5) is 5.69 Å². The molecule has 38 heavy (non-hydrogen) atoms. The van der Waals surface area contributed by atoms with E-state index in [1.54, 1.807) is 18.5 Å². The van der Waals surface area contributed by atoms with Crippen LogP contribution in [0.25, 0.3) is 11.4 Å². The number of halogens is 1. The molecule has 2 aliphatic rings.